The fourth-order valence-corrected chi connectivity index (χ4v) is 3.90. The van der Waals surface area contributed by atoms with Crippen molar-refractivity contribution in [3.05, 3.63) is 23.8 Å². The first-order valence-corrected chi connectivity index (χ1v) is 8.47. The Kier molecular flexibility index (Phi) is 4.55. The van der Waals surface area contributed by atoms with Crippen molar-refractivity contribution in [2.45, 2.75) is 70.5 Å². The molecule has 1 aromatic heterocycles. The van der Waals surface area contributed by atoms with E-state index < -0.39 is 0 Å². The van der Waals surface area contributed by atoms with Gasteiger partial charge in [0.2, 0.25) is 0 Å². The molecular formula is C17H28N4. The number of hydrogen-bond donors (Lipinski definition) is 1. The van der Waals surface area contributed by atoms with Gasteiger partial charge in [0.25, 0.3) is 0 Å². The Hall–Kier alpha value is -1.00. The van der Waals surface area contributed by atoms with Crippen molar-refractivity contribution in [3.8, 4) is 0 Å². The van der Waals surface area contributed by atoms with E-state index in [4.69, 9.17) is 0 Å². The van der Waals surface area contributed by atoms with Crippen LogP contribution in [0.15, 0.2) is 12.4 Å². The molecule has 2 fully saturated rings. The molecule has 4 heteroatoms. The van der Waals surface area contributed by atoms with E-state index in [0.29, 0.717) is 11.6 Å². The van der Waals surface area contributed by atoms with Crippen molar-refractivity contribution in [2.24, 2.45) is 0 Å². The Bertz CT molecular complexity index is 450. The van der Waals surface area contributed by atoms with Gasteiger partial charge in [-0.15, -0.1) is 0 Å². The van der Waals surface area contributed by atoms with Gasteiger partial charge in [-0.25, -0.2) is 0 Å². The molecule has 1 saturated heterocycles. The second kappa shape index (κ2) is 6.41. The molecule has 2 aliphatic rings. The van der Waals surface area contributed by atoms with Gasteiger partial charge < -0.3 is 5.32 Å². The number of nitrogens with one attached hydrogen (secondary N) is 1. The van der Waals surface area contributed by atoms with Crippen molar-refractivity contribution >= 4 is 0 Å². The normalized spacial score (nSPS) is 26.1. The van der Waals surface area contributed by atoms with Crippen molar-refractivity contribution in [1.29, 1.82) is 0 Å². The molecule has 21 heavy (non-hydrogen) atoms. The number of rotatable bonds is 3. The number of aryl methyl sites for hydroxylation is 1. The van der Waals surface area contributed by atoms with Gasteiger partial charge in [0, 0.05) is 43.6 Å². The minimum absolute atomic E-state index is 0.363. The van der Waals surface area contributed by atoms with Crippen LogP contribution in [-0.2, 0) is 6.54 Å². The lowest BCUT2D eigenvalue weighted by Crippen LogP contribution is -2.64. The number of piperazine rings is 1. The van der Waals surface area contributed by atoms with E-state index in [-0.39, 0.29) is 0 Å². The van der Waals surface area contributed by atoms with E-state index in [1.807, 2.05) is 19.3 Å². The van der Waals surface area contributed by atoms with E-state index in [1.165, 1.54) is 45.1 Å². The summed E-state index contributed by atoms with van der Waals surface area (Å²) in [5.74, 6) is 0. The average molecular weight is 288 g/mol. The Morgan fingerprint density at radius 3 is 2.71 bits per heavy atom. The largest absolute Gasteiger partial charge is 0.308 e. The highest BCUT2D eigenvalue weighted by molar-refractivity contribution is 5.04. The van der Waals surface area contributed by atoms with Crippen LogP contribution in [0.4, 0.5) is 0 Å². The maximum atomic E-state index is 4.55. The summed E-state index contributed by atoms with van der Waals surface area (Å²) in [5.41, 5.74) is 2.46. The lowest BCUT2D eigenvalue weighted by molar-refractivity contribution is 0.0475. The van der Waals surface area contributed by atoms with Gasteiger partial charge in [0.05, 0.1) is 11.4 Å². The van der Waals surface area contributed by atoms with Crippen LogP contribution in [0, 0.1) is 6.92 Å². The van der Waals surface area contributed by atoms with Crippen molar-refractivity contribution in [3.63, 3.8) is 0 Å². The Balaban J connectivity index is 1.71. The van der Waals surface area contributed by atoms with Crippen LogP contribution < -0.4 is 5.32 Å². The molecule has 0 bridgehead atoms. The smallest absolute Gasteiger partial charge is 0.0727 e. The zero-order valence-corrected chi connectivity index (χ0v) is 13.4. The first-order valence-electron chi connectivity index (χ1n) is 8.47. The van der Waals surface area contributed by atoms with E-state index in [9.17, 15) is 0 Å². The lowest BCUT2D eigenvalue weighted by atomic mass is 9.79. The zero-order chi connectivity index (χ0) is 14.7. The molecule has 1 aliphatic carbocycles. The molecule has 1 unspecified atom stereocenters. The van der Waals surface area contributed by atoms with E-state index in [2.05, 4.69) is 27.1 Å². The Morgan fingerprint density at radius 1 is 1.24 bits per heavy atom. The fraction of sp³-hybridized carbons (Fsp3) is 0.765. The highest BCUT2D eigenvalue weighted by Crippen LogP contribution is 2.32. The van der Waals surface area contributed by atoms with Crippen molar-refractivity contribution in [1.82, 2.24) is 20.2 Å². The molecule has 3 rings (SSSR count). The van der Waals surface area contributed by atoms with E-state index in [1.54, 1.807) is 0 Å². The van der Waals surface area contributed by atoms with Gasteiger partial charge in [-0.1, -0.05) is 26.2 Å². The summed E-state index contributed by atoms with van der Waals surface area (Å²) in [6, 6.07) is 0.626. The first-order chi connectivity index (χ1) is 10.2. The van der Waals surface area contributed by atoms with Crippen LogP contribution >= 0.6 is 0 Å². The molecule has 1 saturated carbocycles. The predicted molar refractivity (Wildman–Crippen MR) is 85.1 cm³/mol. The summed E-state index contributed by atoms with van der Waals surface area (Å²) in [7, 11) is 0. The molecule has 0 amide bonds. The SMILES string of the molecule is CCC1CNC2(CCCCC2)CN1Cc1cnc(C)cn1. The van der Waals surface area contributed by atoms with Crippen LogP contribution in [0.25, 0.3) is 0 Å². The third-order valence-corrected chi connectivity index (χ3v) is 5.22. The summed E-state index contributed by atoms with van der Waals surface area (Å²) >= 11 is 0. The minimum atomic E-state index is 0.363. The van der Waals surface area contributed by atoms with Crippen LogP contribution in [-0.4, -0.2) is 39.5 Å². The van der Waals surface area contributed by atoms with Crippen LogP contribution in [0.5, 0.6) is 0 Å². The number of nitrogens with zero attached hydrogens (tertiary/aromatic N) is 3. The standard InChI is InChI=1S/C17H28N4/c1-3-16-11-20-17(7-5-4-6-8-17)13-21(16)12-15-10-18-14(2)9-19-15/h9-10,16,20H,3-8,11-13H2,1-2H3. The summed E-state index contributed by atoms with van der Waals surface area (Å²) < 4.78 is 0. The van der Waals surface area contributed by atoms with Crippen molar-refractivity contribution in [2.75, 3.05) is 13.1 Å². The van der Waals surface area contributed by atoms with Gasteiger partial charge in [0.1, 0.15) is 0 Å². The van der Waals surface area contributed by atoms with Gasteiger partial charge in [-0.2, -0.15) is 0 Å². The molecule has 1 atom stereocenters. The first kappa shape index (κ1) is 14.9. The highest BCUT2D eigenvalue weighted by Gasteiger charge is 2.39. The summed E-state index contributed by atoms with van der Waals surface area (Å²) in [5, 5.41) is 3.88. The van der Waals surface area contributed by atoms with Gasteiger partial charge in [-0.3, -0.25) is 14.9 Å². The topological polar surface area (TPSA) is 41.0 Å². The number of hydrogen-bond acceptors (Lipinski definition) is 4. The maximum absolute atomic E-state index is 4.55. The molecule has 1 N–H and O–H groups in total. The average Bonchev–Trinajstić information content (AvgIpc) is 2.51. The molecule has 2 heterocycles. The molecule has 1 aliphatic heterocycles. The van der Waals surface area contributed by atoms with Crippen LogP contribution in [0.3, 0.4) is 0 Å². The zero-order valence-electron chi connectivity index (χ0n) is 13.4. The van der Waals surface area contributed by atoms with Crippen molar-refractivity contribution < 1.29 is 0 Å². The molecule has 1 aromatic rings. The van der Waals surface area contributed by atoms with E-state index >= 15 is 0 Å². The Labute approximate surface area is 128 Å². The Morgan fingerprint density at radius 2 is 2.05 bits per heavy atom. The summed E-state index contributed by atoms with van der Waals surface area (Å²) in [6.45, 7) is 7.51. The van der Waals surface area contributed by atoms with Crippen LogP contribution in [0.1, 0.15) is 56.8 Å². The minimum Gasteiger partial charge on any atom is -0.308 e. The third-order valence-electron chi connectivity index (χ3n) is 5.22. The second-order valence-electron chi connectivity index (χ2n) is 6.84. The monoisotopic (exact) mass is 288 g/mol. The fourth-order valence-electron chi connectivity index (χ4n) is 3.90. The van der Waals surface area contributed by atoms with E-state index in [0.717, 1.165) is 24.5 Å². The molecule has 1 spiro atoms. The highest BCUT2D eigenvalue weighted by atomic mass is 15.3. The summed E-state index contributed by atoms with van der Waals surface area (Å²) in [6.07, 6.45) is 11.8. The molecule has 0 radical (unpaired) electrons. The quantitative estimate of drug-likeness (QED) is 0.928. The lowest BCUT2D eigenvalue weighted by Gasteiger charge is -2.49. The second-order valence-corrected chi connectivity index (χ2v) is 6.84. The maximum Gasteiger partial charge on any atom is 0.0727 e. The van der Waals surface area contributed by atoms with Gasteiger partial charge >= 0.3 is 0 Å². The summed E-state index contributed by atoms with van der Waals surface area (Å²) in [4.78, 5) is 11.6. The molecule has 0 aromatic carbocycles. The molecule has 4 nitrogen and oxygen atoms in total. The van der Waals surface area contributed by atoms with Gasteiger partial charge in [0.15, 0.2) is 0 Å². The van der Waals surface area contributed by atoms with Crippen LogP contribution in [0.2, 0.25) is 0 Å². The van der Waals surface area contributed by atoms with Gasteiger partial charge in [-0.05, 0) is 26.2 Å². The number of aromatic nitrogens is 2. The third kappa shape index (κ3) is 3.43. The molecule has 116 valence electrons. The molecular weight excluding hydrogens is 260 g/mol. The predicted octanol–water partition coefficient (Wildman–Crippen LogP) is 2.67.